The predicted molar refractivity (Wildman–Crippen MR) is 57.8 cm³/mol. The van der Waals surface area contributed by atoms with Gasteiger partial charge >= 0.3 is 5.97 Å². The molecule has 1 N–H and O–H groups in total. The summed E-state index contributed by atoms with van der Waals surface area (Å²) in [5.74, 6) is -0.704. The Morgan fingerprint density at radius 2 is 1.93 bits per heavy atom. The molecular weight excluding hydrogens is 218 g/mol. The second kappa shape index (κ2) is 6.55. The van der Waals surface area contributed by atoms with Crippen LogP contribution in [-0.2, 0) is 25.1 Å². The zero-order valence-corrected chi connectivity index (χ0v) is 10.2. The van der Waals surface area contributed by atoms with Crippen molar-refractivity contribution in [1.29, 1.82) is 0 Å². The molecule has 0 rings (SSSR count). The van der Waals surface area contributed by atoms with E-state index in [1.54, 1.807) is 13.8 Å². The summed E-state index contributed by atoms with van der Waals surface area (Å²) >= 11 is 0. The van der Waals surface area contributed by atoms with Gasteiger partial charge in [0.05, 0.1) is 13.5 Å². The minimum atomic E-state index is -1.37. The molecule has 0 heterocycles. The average molecular weight is 235 g/mol. The summed E-state index contributed by atoms with van der Waals surface area (Å²) in [5, 5.41) is 1.42. The molecule has 0 fully saturated rings. The molecule has 3 unspecified atom stereocenters. The molecule has 0 aromatic heterocycles. The van der Waals surface area contributed by atoms with Crippen molar-refractivity contribution >= 4 is 22.7 Å². The third kappa shape index (κ3) is 4.42. The lowest BCUT2D eigenvalue weighted by molar-refractivity contribution is -0.140. The van der Waals surface area contributed by atoms with Gasteiger partial charge in [-0.25, -0.2) is 0 Å². The van der Waals surface area contributed by atoms with E-state index < -0.39 is 22.0 Å². The number of rotatable bonds is 5. The fourth-order valence-corrected chi connectivity index (χ4v) is 2.38. The van der Waals surface area contributed by atoms with Crippen LogP contribution in [0.4, 0.5) is 0 Å². The topological polar surface area (TPSA) is 72.5 Å². The van der Waals surface area contributed by atoms with Crippen LogP contribution < -0.4 is 5.32 Å². The van der Waals surface area contributed by atoms with E-state index >= 15 is 0 Å². The molecule has 88 valence electrons. The van der Waals surface area contributed by atoms with Crippen molar-refractivity contribution in [3.05, 3.63) is 0 Å². The highest BCUT2D eigenvalue weighted by atomic mass is 32.2. The van der Waals surface area contributed by atoms with Gasteiger partial charge in [0.2, 0.25) is 5.91 Å². The Bertz CT molecular complexity index is 267. The molecule has 6 heteroatoms. The minimum absolute atomic E-state index is 0.0600. The van der Waals surface area contributed by atoms with Gasteiger partial charge in [0.15, 0.2) is 0 Å². The number of hydrogen-bond donors (Lipinski definition) is 1. The van der Waals surface area contributed by atoms with Gasteiger partial charge in [0.1, 0.15) is 5.25 Å². The summed E-state index contributed by atoms with van der Waals surface area (Å²) in [4.78, 5) is 22.1. The van der Waals surface area contributed by atoms with Gasteiger partial charge in [0.25, 0.3) is 0 Å². The number of esters is 1. The van der Waals surface area contributed by atoms with Crippen molar-refractivity contribution in [2.75, 3.05) is 14.2 Å². The van der Waals surface area contributed by atoms with Crippen LogP contribution in [0.2, 0.25) is 0 Å². The molecule has 0 aliphatic carbocycles. The molecule has 0 aliphatic rings. The zero-order valence-electron chi connectivity index (χ0n) is 9.40. The molecule has 1 amide bonds. The number of ether oxygens (including phenoxy) is 1. The van der Waals surface area contributed by atoms with Gasteiger partial charge in [-0.2, -0.15) is 0 Å². The van der Waals surface area contributed by atoms with Gasteiger partial charge < -0.3 is 10.1 Å². The van der Waals surface area contributed by atoms with Crippen molar-refractivity contribution < 1.29 is 18.5 Å². The van der Waals surface area contributed by atoms with E-state index in [4.69, 9.17) is 0 Å². The Morgan fingerprint density at radius 3 is 2.33 bits per heavy atom. The number of methoxy groups -OCH3 is 1. The van der Waals surface area contributed by atoms with Crippen molar-refractivity contribution in [3.8, 4) is 0 Å². The largest absolute Gasteiger partial charge is 0.469 e. The van der Waals surface area contributed by atoms with E-state index in [0.717, 1.165) is 0 Å². The van der Waals surface area contributed by atoms with Crippen LogP contribution in [0.25, 0.3) is 0 Å². The summed E-state index contributed by atoms with van der Waals surface area (Å²) in [6.45, 7) is 3.23. The number of hydrogen-bond acceptors (Lipinski definition) is 4. The van der Waals surface area contributed by atoms with Crippen molar-refractivity contribution in [3.63, 3.8) is 0 Å². The molecule has 3 atom stereocenters. The lowest BCUT2D eigenvalue weighted by Gasteiger charge is -2.15. The fraction of sp³-hybridized carbons (Fsp3) is 0.778. The Hall–Kier alpha value is -0.910. The van der Waals surface area contributed by atoms with Crippen molar-refractivity contribution in [1.82, 2.24) is 5.32 Å². The third-order valence-electron chi connectivity index (χ3n) is 2.04. The van der Waals surface area contributed by atoms with Crippen LogP contribution >= 0.6 is 0 Å². The molecule has 0 saturated carbocycles. The maximum Gasteiger partial charge on any atom is 0.306 e. The Kier molecular flexibility index (Phi) is 6.15. The van der Waals surface area contributed by atoms with Crippen LogP contribution in [-0.4, -0.2) is 40.7 Å². The lowest BCUT2D eigenvalue weighted by atomic mass is 10.3. The Morgan fingerprint density at radius 1 is 1.40 bits per heavy atom. The smallest absolute Gasteiger partial charge is 0.306 e. The van der Waals surface area contributed by atoms with Crippen LogP contribution in [0.1, 0.15) is 20.3 Å². The first-order chi connectivity index (χ1) is 6.93. The highest BCUT2D eigenvalue weighted by molar-refractivity contribution is 7.87. The summed E-state index contributed by atoms with van der Waals surface area (Å²) in [5.41, 5.74) is 0. The average Bonchev–Trinajstić information content (AvgIpc) is 2.25. The number of carbonyl (C=O) groups is 2. The highest BCUT2D eigenvalue weighted by Gasteiger charge is 2.25. The first-order valence-corrected chi connectivity index (χ1v) is 5.89. The van der Waals surface area contributed by atoms with Crippen LogP contribution in [0.5, 0.6) is 0 Å². The molecule has 0 aliphatic heterocycles. The monoisotopic (exact) mass is 235 g/mol. The summed E-state index contributed by atoms with van der Waals surface area (Å²) < 4.78 is 16.2. The second-order valence-corrected chi connectivity index (χ2v) is 5.34. The first kappa shape index (κ1) is 14.1. The van der Waals surface area contributed by atoms with E-state index in [0.29, 0.717) is 0 Å². The standard InChI is InChI=1S/C9H17NO4S/c1-6(5-8(11)14-4)15(13)7(2)9(12)10-3/h6-7H,5H2,1-4H3,(H,10,12). The van der Waals surface area contributed by atoms with Crippen LogP contribution in [0, 0.1) is 0 Å². The first-order valence-electron chi connectivity index (χ1n) is 4.61. The second-order valence-electron chi connectivity index (χ2n) is 3.18. The number of carbonyl (C=O) groups excluding carboxylic acids is 2. The molecule has 0 aromatic rings. The molecule has 0 bridgehead atoms. The van der Waals surface area contributed by atoms with E-state index in [1.165, 1.54) is 14.2 Å². The van der Waals surface area contributed by atoms with Crippen LogP contribution in [0.3, 0.4) is 0 Å². The molecule has 15 heavy (non-hydrogen) atoms. The van der Waals surface area contributed by atoms with Gasteiger partial charge in [0, 0.05) is 23.1 Å². The molecule has 0 aromatic carbocycles. The highest BCUT2D eigenvalue weighted by Crippen LogP contribution is 2.08. The molecule has 0 spiro atoms. The van der Waals surface area contributed by atoms with Crippen LogP contribution in [0.15, 0.2) is 0 Å². The van der Waals surface area contributed by atoms with E-state index in [2.05, 4.69) is 10.1 Å². The zero-order chi connectivity index (χ0) is 12.0. The fourth-order valence-electron chi connectivity index (χ4n) is 1.06. The van der Waals surface area contributed by atoms with Crippen molar-refractivity contribution in [2.45, 2.75) is 30.8 Å². The SMILES string of the molecule is CNC(=O)C(C)S(=O)C(C)CC(=O)OC. The van der Waals surface area contributed by atoms with Crippen molar-refractivity contribution in [2.24, 2.45) is 0 Å². The Balaban J connectivity index is 4.31. The molecule has 0 saturated heterocycles. The lowest BCUT2D eigenvalue weighted by Crippen LogP contribution is -2.36. The summed E-state index contributed by atoms with van der Waals surface area (Å²) in [7, 11) is 1.39. The maximum atomic E-state index is 11.7. The number of amides is 1. The summed E-state index contributed by atoms with van der Waals surface area (Å²) in [6, 6.07) is 0. The quantitative estimate of drug-likeness (QED) is 0.671. The van der Waals surface area contributed by atoms with Gasteiger partial charge in [-0.15, -0.1) is 0 Å². The normalized spacial score (nSPS) is 16.3. The van der Waals surface area contributed by atoms with Gasteiger partial charge in [-0.3, -0.25) is 13.8 Å². The van der Waals surface area contributed by atoms with E-state index in [-0.39, 0.29) is 17.6 Å². The van der Waals surface area contributed by atoms with E-state index in [1.807, 2.05) is 0 Å². The maximum absolute atomic E-state index is 11.7. The minimum Gasteiger partial charge on any atom is -0.469 e. The van der Waals surface area contributed by atoms with E-state index in [9.17, 15) is 13.8 Å². The molecular formula is C9H17NO4S. The third-order valence-corrected chi connectivity index (χ3v) is 3.91. The summed E-state index contributed by atoms with van der Waals surface area (Å²) in [6.07, 6.45) is 0.0600. The van der Waals surface area contributed by atoms with Gasteiger partial charge in [-0.1, -0.05) is 6.92 Å². The number of nitrogens with one attached hydrogen (secondary N) is 1. The predicted octanol–water partition coefficient (Wildman–Crippen LogP) is -0.179. The molecule has 0 radical (unpaired) electrons. The molecule has 5 nitrogen and oxygen atoms in total. The Labute approximate surface area is 92.0 Å². The van der Waals surface area contributed by atoms with Gasteiger partial charge in [-0.05, 0) is 6.92 Å².